The third kappa shape index (κ3) is 3.34. The van der Waals surface area contributed by atoms with Gasteiger partial charge in [0, 0.05) is 36.0 Å². The van der Waals surface area contributed by atoms with Gasteiger partial charge in [-0.3, -0.25) is 9.59 Å². The minimum atomic E-state index is -0.291. The third-order valence-corrected chi connectivity index (χ3v) is 4.30. The van der Waals surface area contributed by atoms with Gasteiger partial charge in [-0.15, -0.1) is 0 Å². The normalized spacial score (nSPS) is 15.6. The van der Waals surface area contributed by atoms with Crippen molar-refractivity contribution in [3.8, 4) is 11.5 Å². The quantitative estimate of drug-likeness (QED) is 0.914. The van der Waals surface area contributed by atoms with Crippen LogP contribution in [0.1, 0.15) is 20.7 Å². The third-order valence-electron chi connectivity index (χ3n) is 4.30. The van der Waals surface area contributed by atoms with Crippen molar-refractivity contribution in [1.82, 2.24) is 4.90 Å². The Morgan fingerprint density at radius 3 is 2.54 bits per heavy atom. The second-order valence-corrected chi connectivity index (χ2v) is 6.01. The Morgan fingerprint density at radius 2 is 1.69 bits per heavy atom. The van der Waals surface area contributed by atoms with E-state index in [2.05, 4.69) is 5.32 Å². The molecule has 0 radical (unpaired) electrons. The average Bonchev–Trinajstić information content (AvgIpc) is 3.16. The molecule has 4 rings (SSSR count). The first-order valence-electron chi connectivity index (χ1n) is 8.39. The molecule has 0 aromatic heterocycles. The summed E-state index contributed by atoms with van der Waals surface area (Å²) in [5.41, 5.74) is 1.51. The van der Waals surface area contributed by atoms with Gasteiger partial charge in [0.25, 0.3) is 11.8 Å². The van der Waals surface area contributed by atoms with E-state index in [1.54, 1.807) is 47.4 Å². The van der Waals surface area contributed by atoms with Crippen molar-refractivity contribution < 1.29 is 23.8 Å². The molecule has 134 valence electrons. The largest absolute Gasteiger partial charge is 0.454 e. The van der Waals surface area contributed by atoms with Crippen LogP contribution in [-0.4, -0.2) is 49.8 Å². The van der Waals surface area contributed by atoms with Crippen LogP contribution in [-0.2, 0) is 4.74 Å². The lowest BCUT2D eigenvalue weighted by molar-refractivity contribution is 0.0303. The van der Waals surface area contributed by atoms with Crippen LogP contribution in [0.3, 0.4) is 0 Å². The van der Waals surface area contributed by atoms with E-state index < -0.39 is 0 Å². The number of amides is 2. The molecule has 0 spiro atoms. The highest BCUT2D eigenvalue weighted by Crippen LogP contribution is 2.34. The zero-order chi connectivity index (χ0) is 17.9. The maximum atomic E-state index is 12.6. The van der Waals surface area contributed by atoms with E-state index in [1.165, 1.54) is 0 Å². The summed E-state index contributed by atoms with van der Waals surface area (Å²) in [5, 5.41) is 2.81. The Balaban J connectivity index is 1.48. The molecule has 1 N–H and O–H groups in total. The Kier molecular flexibility index (Phi) is 4.45. The van der Waals surface area contributed by atoms with Crippen molar-refractivity contribution in [2.45, 2.75) is 0 Å². The maximum absolute atomic E-state index is 12.6. The number of carbonyl (C=O) groups is 2. The molecule has 0 saturated carbocycles. The lowest BCUT2D eigenvalue weighted by Gasteiger charge is -2.27. The molecule has 2 amide bonds. The van der Waals surface area contributed by atoms with E-state index in [9.17, 15) is 9.59 Å². The zero-order valence-electron chi connectivity index (χ0n) is 14.1. The molecule has 2 aromatic rings. The number of morpholine rings is 1. The monoisotopic (exact) mass is 354 g/mol. The van der Waals surface area contributed by atoms with Crippen LogP contribution in [0.5, 0.6) is 11.5 Å². The van der Waals surface area contributed by atoms with E-state index >= 15 is 0 Å². The summed E-state index contributed by atoms with van der Waals surface area (Å²) in [6.07, 6.45) is 0. The van der Waals surface area contributed by atoms with Crippen molar-refractivity contribution >= 4 is 17.5 Å². The fourth-order valence-corrected chi connectivity index (χ4v) is 2.92. The molecule has 2 aliphatic heterocycles. The van der Waals surface area contributed by atoms with Crippen LogP contribution in [0.4, 0.5) is 5.69 Å². The van der Waals surface area contributed by atoms with Crippen LogP contribution < -0.4 is 14.8 Å². The Bertz CT molecular complexity index is 846. The fourth-order valence-electron chi connectivity index (χ4n) is 2.92. The summed E-state index contributed by atoms with van der Waals surface area (Å²) in [5.74, 6) is 0.867. The predicted octanol–water partition coefficient (Wildman–Crippen LogP) is 2.14. The van der Waals surface area contributed by atoms with Crippen LogP contribution in [0, 0.1) is 0 Å². The minimum absolute atomic E-state index is 0.0916. The van der Waals surface area contributed by atoms with Crippen molar-refractivity contribution in [3.05, 3.63) is 53.6 Å². The lowest BCUT2D eigenvalue weighted by atomic mass is 10.1. The van der Waals surface area contributed by atoms with Crippen LogP contribution in [0.25, 0.3) is 0 Å². The highest BCUT2D eigenvalue weighted by Gasteiger charge is 2.20. The first kappa shape index (κ1) is 16.4. The highest BCUT2D eigenvalue weighted by atomic mass is 16.7. The Labute approximate surface area is 150 Å². The van der Waals surface area contributed by atoms with Gasteiger partial charge >= 0.3 is 0 Å². The number of anilines is 1. The van der Waals surface area contributed by atoms with Gasteiger partial charge in [0.2, 0.25) is 6.79 Å². The van der Waals surface area contributed by atoms with Crippen molar-refractivity contribution in [3.63, 3.8) is 0 Å². The van der Waals surface area contributed by atoms with Gasteiger partial charge in [-0.05, 0) is 30.3 Å². The van der Waals surface area contributed by atoms with Gasteiger partial charge in [0.15, 0.2) is 11.5 Å². The molecule has 0 aliphatic carbocycles. The molecule has 0 unspecified atom stereocenters. The number of nitrogens with zero attached hydrogens (tertiary/aromatic N) is 1. The number of rotatable bonds is 3. The summed E-state index contributed by atoms with van der Waals surface area (Å²) in [4.78, 5) is 26.8. The number of ether oxygens (including phenoxy) is 3. The molecule has 1 fully saturated rings. The summed E-state index contributed by atoms with van der Waals surface area (Å²) in [6.45, 7) is 2.38. The second kappa shape index (κ2) is 7.05. The summed E-state index contributed by atoms with van der Waals surface area (Å²) < 4.78 is 15.8. The Morgan fingerprint density at radius 1 is 0.923 bits per heavy atom. The van der Waals surface area contributed by atoms with Gasteiger partial charge in [0.1, 0.15) is 0 Å². The topological polar surface area (TPSA) is 77.1 Å². The standard InChI is InChI=1S/C19H18N2O5/c22-18(20-15-4-5-16-17(11-15)26-12-25-16)13-2-1-3-14(10-13)19(23)21-6-8-24-9-7-21/h1-5,10-11H,6-9,12H2,(H,20,22). The molecule has 0 bridgehead atoms. The number of fused-ring (bicyclic) bond motifs is 1. The molecule has 1 saturated heterocycles. The first-order valence-corrected chi connectivity index (χ1v) is 8.39. The van der Waals surface area contributed by atoms with Crippen LogP contribution in [0.15, 0.2) is 42.5 Å². The highest BCUT2D eigenvalue weighted by molar-refractivity contribution is 6.06. The molecular formula is C19H18N2O5. The van der Waals surface area contributed by atoms with Gasteiger partial charge < -0.3 is 24.4 Å². The molecule has 7 nitrogen and oxygen atoms in total. The number of hydrogen-bond donors (Lipinski definition) is 1. The van der Waals surface area contributed by atoms with E-state index in [0.29, 0.717) is 54.6 Å². The predicted molar refractivity (Wildman–Crippen MR) is 93.7 cm³/mol. The summed E-state index contributed by atoms with van der Waals surface area (Å²) in [6, 6.07) is 11.9. The van der Waals surface area contributed by atoms with Gasteiger partial charge in [-0.1, -0.05) is 6.07 Å². The first-order chi connectivity index (χ1) is 12.7. The van der Waals surface area contributed by atoms with Crippen molar-refractivity contribution in [1.29, 1.82) is 0 Å². The number of hydrogen-bond acceptors (Lipinski definition) is 5. The molecule has 7 heteroatoms. The van der Waals surface area contributed by atoms with Gasteiger partial charge in [-0.25, -0.2) is 0 Å². The molecular weight excluding hydrogens is 336 g/mol. The molecule has 26 heavy (non-hydrogen) atoms. The van der Waals surface area contributed by atoms with E-state index in [4.69, 9.17) is 14.2 Å². The van der Waals surface area contributed by atoms with Crippen molar-refractivity contribution in [2.75, 3.05) is 38.4 Å². The molecule has 2 aromatic carbocycles. The average molecular weight is 354 g/mol. The number of benzene rings is 2. The smallest absolute Gasteiger partial charge is 0.255 e. The summed E-state index contributed by atoms with van der Waals surface area (Å²) >= 11 is 0. The molecule has 2 heterocycles. The number of nitrogens with one attached hydrogen (secondary N) is 1. The maximum Gasteiger partial charge on any atom is 0.255 e. The van der Waals surface area contributed by atoms with Crippen LogP contribution >= 0.6 is 0 Å². The van der Waals surface area contributed by atoms with Crippen molar-refractivity contribution in [2.24, 2.45) is 0 Å². The molecule has 2 aliphatic rings. The zero-order valence-corrected chi connectivity index (χ0v) is 14.1. The van der Waals surface area contributed by atoms with Gasteiger partial charge in [-0.2, -0.15) is 0 Å². The second-order valence-electron chi connectivity index (χ2n) is 6.01. The van der Waals surface area contributed by atoms with Crippen LogP contribution in [0.2, 0.25) is 0 Å². The number of carbonyl (C=O) groups excluding carboxylic acids is 2. The summed E-state index contributed by atoms with van der Waals surface area (Å²) in [7, 11) is 0. The SMILES string of the molecule is O=C(Nc1ccc2c(c1)OCO2)c1cccc(C(=O)N2CCOCC2)c1. The Hall–Kier alpha value is -3.06. The van der Waals surface area contributed by atoms with E-state index in [-0.39, 0.29) is 18.6 Å². The fraction of sp³-hybridized carbons (Fsp3) is 0.263. The molecule has 0 atom stereocenters. The van der Waals surface area contributed by atoms with E-state index in [1.807, 2.05) is 0 Å². The van der Waals surface area contributed by atoms with Gasteiger partial charge in [0.05, 0.1) is 13.2 Å². The minimum Gasteiger partial charge on any atom is -0.454 e. The lowest BCUT2D eigenvalue weighted by Crippen LogP contribution is -2.40. The van der Waals surface area contributed by atoms with E-state index in [0.717, 1.165) is 0 Å².